The van der Waals surface area contributed by atoms with Crippen molar-refractivity contribution >= 4 is 46.7 Å². The molecule has 1 atom stereocenters. The normalized spacial score (nSPS) is 11.5. The van der Waals surface area contributed by atoms with E-state index in [0.29, 0.717) is 16.5 Å². The van der Waals surface area contributed by atoms with E-state index in [-0.39, 0.29) is 16.5 Å². The van der Waals surface area contributed by atoms with Crippen LogP contribution in [0.1, 0.15) is 24.2 Å². The highest BCUT2D eigenvalue weighted by atomic mass is 35.5. The average molecular weight is 453 g/mol. The smallest absolute Gasteiger partial charge is 0.329 e. The molecule has 0 radical (unpaired) electrons. The SMILES string of the molecule is COc1ccc(NC(=O)COC(=O)[C@@H](NC(=O)c2ccc(Cl)cc2Cl)C(C)C)cc1. The van der Waals surface area contributed by atoms with Gasteiger partial charge in [0, 0.05) is 10.7 Å². The number of ether oxygens (including phenoxy) is 2. The Bertz CT molecular complexity index is 916. The van der Waals surface area contributed by atoms with Crippen LogP contribution in [0.5, 0.6) is 5.75 Å². The zero-order valence-electron chi connectivity index (χ0n) is 16.7. The first-order valence-corrected chi connectivity index (χ1v) is 9.83. The Balaban J connectivity index is 1.94. The largest absolute Gasteiger partial charge is 0.497 e. The maximum atomic E-state index is 12.5. The molecule has 0 aromatic heterocycles. The Kier molecular flexibility index (Phi) is 8.50. The number of benzene rings is 2. The van der Waals surface area contributed by atoms with Gasteiger partial charge in [0.1, 0.15) is 11.8 Å². The van der Waals surface area contributed by atoms with Gasteiger partial charge in [0.25, 0.3) is 11.8 Å². The van der Waals surface area contributed by atoms with Crippen LogP contribution in [-0.2, 0) is 14.3 Å². The Morgan fingerprint density at radius 2 is 1.70 bits per heavy atom. The monoisotopic (exact) mass is 452 g/mol. The van der Waals surface area contributed by atoms with Crippen molar-refractivity contribution in [1.82, 2.24) is 5.32 Å². The van der Waals surface area contributed by atoms with Crippen molar-refractivity contribution in [1.29, 1.82) is 0 Å². The van der Waals surface area contributed by atoms with Gasteiger partial charge in [-0.2, -0.15) is 0 Å². The summed E-state index contributed by atoms with van der Waals surface area (Å²) in [6.07, 6.45) is 0. The lowest BCUT2D eigenvalue weighted by molar-refractivity contribution is -0.150. The van der Waals surface area contributed by atoms with Gasteiger partial charge in [-0.1, -0.05) is 37.0 Å². The third-order valence-electron chi connectivity index (χ3n) is 4.10. The lowest BCUT2D eigenvalue weighted by Crippen LogP contribution is -2.46. The summed E-state index contributed by atoms with van der Waals surface area (Å²) in [4.78, 5) is 37.0. The molecule has 2 amide bonds. The molecule has 2 rings (SSSR count). The van der Waals surface area contributed by atoms with Crippen LogP contribution in [0.25, 0.3) is 0 Å². The molecule has 0 aliphatic heterocycles. The Morgan fingerprint density at radius 3 is 2.27 bits per heavy atom. The fraction of sp³-hybridized carbons (Fsp3) is 0.286. The number of amides is 2. The molecule has 0 aliphatic carbocycles. The summed E-state index contributed by atoms with van der Waals surface area (Å²) < 4.78 is 10.1. The second-order valence-corrected chi connectivity index (χ2v) is 7.55. The van der Waals surface area contributed by atoms with Crippen molar-refractivity contribution in [3.05, 3.63) is 58.1 Å². The molecule has 2 N–H and O–H groups in total. The predicted octanol–water partition coefficient (Wildman–Crippen LogP) is 3.94. The van der Waals surface area contributed by atoms with Gasteiger partial charge in [0.15, 0.2) is 6.61 Å². The van der Waals surface area contributed by atoms with Crippen LogP contribution in [0, 0.1) is 5.92 Å². The third kappa shape index (κ3) is 6.64. The molecule has 7 nitrogen and oxygen atoms in total. The van der Waals surface area contributed by atoms with Crippen LogP contribution in [0.4, 0.5) is 5.69 Å². The van der Waals surface area contributed by atoms with E-state index in [9.17, 15) is 14.4 Å². The van der Waals surface area contributed by atoms with E-state index in [4.69, 9.17) is 32.7 Å². The molecule has 0 unspecified atom stereocenters. The molecule has 160 valence electrons. The van der Waals surface area contributed by atoms with Crippen LogP contribution in [0.15, 0.2) is 42.5 Å². The topological polar surface area (TPSA) is 93.7 Å². The van der Waals surface area contributed by atoms with E-state index in [2.05, 4.69) is 10.6 Å². The maximum absolute atomic E-state index is 12.5. The second kappa shape index (κ2) is 10.8. The molecule has 30 heavy (non-hydrogen) atoms. The highest BCUT2D eigenvalue weighted by molar-refractivity contribution is 6.36. The second-order valence-electron chi connectivity index (χ2n) is 6.70. The highest BCUT2D eigenvalue weighted by Crippen LogP contribution is 2.21. The Labute approximate surface area is 184 Å². The minimum atomic E-state index is -0.960. The Morgan fingerprint density at radius 1 is 1.03 bits per heavy atom. The van der Waals surface area contributed by atoms with Crippen molar-refractivity contribution in [2.75, 3.05) is 19.0 Å². The number of esters is 1. The Hall–Kier alpha value is -2.77. The number of methoxy groups -OCH3 is 1. The molecule has 0 saturated carbocycles. The quantitative estimate of drug-likeness (QED) is 0.591. The van der Waals surface area contributed by atoms with Gasteiger partial charge >= 0.3 is 5.97 Å². The van der Waals surface area contributed by atoms with E-state index in [1.807, 2.05) is 0 Å². The van der Waals surface area contributed by atoms with Gasteiger partial charge in [0.05, 0.1) is 17.7 Å². The van der Waals surface area contributed by atoms with Crippen LogP contribution in [0.3, 0.4) is 0 Å². The van der Waals surface area contributed by atoms with Gasteiger partial charge in [-0.25, -0.2) is 4.79 Å². The molecule has 0 saturated heterocycles. The molecule has 0 heterocycles. The molecule has 2 aromatic carbocycles. The number of hydrogen-bond donors (Lipinski definition) is 2. The summed E-state index contributed by atoms with van der Waals surface area (Å²) in [6.45, 7) is 2.99. The van der Waals surface area contributed by atoms with E-state index < -0.39 is 30.4 Å². The summed E-state index contributed by atoms with van der Waals surface area (Å²) >= 11 is 11.9. The van der Waals surface area contributed by atoms with Gasteiger partial charge in [-0.15, -0.1) is 0 Å². The fourth-order valence-corrected chi connectivity index (χ4v) is 2.98. The van der Waals surface area contributed by atoms with Gasteiger partial charge in [-0.3, -0.25) is 9.59 Å². The zero-order chi connectivity index (χ0) is 22.3. The van der Waals surface area contributed by atoms with E-state index in [1.165, 1.54) is 25.3 Å². The number of rotatable bonds is 8. The van der Waals surface area contributed by atoms with Crippen LogP contribution in [-0.4, -0.2) is 37.5 Å². The number of nitrogens with one attached hydrogen (secondary N) is 2. The first-order valence-electron chi connectivity index (χ1n) is 9.07. The van der Waals surface area contributed by atoms with Gasteiger partial charge in [-0.05, 0) is 48.4 Å². The van der Waals surface area contributed by atoms with Crippen molar-refractivity contribution < 1.29 is 23.9 Å². The molecular weight excluding hydrogens is 431 g/mol. The average Bonchev–Trinajstić information content (AvgIpc) is 2.70. The zero-order valence-corrected chi connectivity index (χ0v) is 18.2. The molecule has 0 spiro atoms. The van der Waals surface area contributed by atoms with E-state index >= 15 is 0 Å². The summed E-state index contributed by atoms with van der Waals surface area (Å²) in [5.74, 6) is -1.42. The minimum absolute atomic E-state index is 0.162. The minimum Gasteiger partial charge on any atom is -0.497 e. The number of halogens is 2. The molecule has 0 aliphatic rings. The van der Waals surface area contributed by atoms with E-state index in [1.54, 1.807) is 38.1 Å². The first kappa shape index (κ1) is 23.5. The predicted molar refractivity (Wildman–Crippen MR) is 115 cm³/mol. The maximum Gasteiger partial charge on any atom is 0.329 e. The molecular formula is C21H22Cl2N2O5. The highest BCUT2D eigenvalue weighted by Gasteiger charge is 2.27. The summed E-state index contributed by atoms with van der Waals surface area (Å²) in [5.41, 5.74) is 0.708. The van der Waals surface area contributed by atoms with Crippen LogP contribution < -0.4 is 15.4 Å². The van der Waals surface area contributed by atoms with E-state index in [0.717, 1.165) is 0 Å². The lowest BCUT2D eigenvalue weighted by atomic mass is 10.0. The van der Waals surface area contributed by atoms with Gasteiger partial charge < -0.3 is 20.1 Å². The molecule has 9 heteroatoms. The summed E-state index contributed by atoms with van der Waals surface area (Å²) in [7, 11) is 1.54. The van der Waals surface area contributed by atoms with Crippen LogP contribution >= 0.6 is 23.2 Å². The number of carbonyl (C=O) groups is 3. The number of hydrogen-bond acceptors (Lipinski definition) is 5. The fourth-order valence-electron chi connectivity index (χ4n) is 2.49. The number of anilines is 1. The number of carbonyl (C=O) groups excluding carboxylic acids is 3. The summed E-state index contributed by atoms with van der Waals surface area (Å²) in [5, 5.41) is 5.75. The van der Waals surface area contributed by atoms with Crippen molar-refractivity contribution in [2.24, 2.45) is 5.92 Å². The third-order valence-corrected chi connectivity index (χ3v) is 4.65. The standard InChI is InChI=1S/C21H22Cl2N2O5/c1-12(2)19(25-20(27)16-9-4-13(22)10-17(16)23)21(28)30-11-18(26)24-14-5-7-15(29-3)8-6-14/h4-10,12,19H,11H2,1-3H3,(H,24,26)(H,25,27)/t19-/m0/s1. The van der Waals surface area contributed by atoms with Crippen molar-refractivity contribution in [2.45, 2.75) is 19.9 Å². The first-order chi connectivity index (χ1) is 14.2. The van der Waals surface area contributed by atoms with Crippen molar-refractivity contribution in [3.8, 4) is 5.75 Å². The molecule has 2 aromatic rings. The van der Waals surface area contributed by atoms with Gasteiger partial charge in [0.2, 0.25) is 0 Å². The van der Waals surface area contributed by atoms with Crippen LogP contribution in [0.2, 0.25) is 10.0 Å². The summed E-state index contributed by atoms with van der Waals surface area (Å²) in [6, 6.07) is 10.2. The lowest BCUT2D eigenvalue weighted by Gasteiger charge is -2.21. The van der Waals surface area contributed by atoms with Crippen molar-refractivity contribution in [3.63, 3.8) is 0 Å². The molecule has 0 bridgehead atoms. The molecule has 0 fully saturated rings.